The van der Waals surface area contributed by atoms with Crippen LogP contribution in [0.2, 0.25) is 0 Å². The van der Waals surface area contributed by atoms with Gasteiger partial charge in [-0.3, -0.25) is 9.56 Å². The standard InChI is InChI=1S/C22H26N6.HI/c1-23-21(27-16-22(9-5-10-22)19-6-3-2-4-7-19)26-15-18-8-11-25-20(14-18)28-13-12-24-17-28;/h2-4,6-8,11-14,17H,5,9-10,15-16H2,1H3,(H2,23,26,27);1H. The zero-order valence-corrected chi connectivity index (χ0v) is 18.9. The molecule has 1 aromatic carbocycles. The Kier molecular flexibility index (Phi) is 7.24. The average Bonchev–Trinajstić information content (AvgIpc) is 3.25. The Morgan fingerprint density at radius 2 is 1.97 bits per heavy atom. The van der Waals surface area contributed by atoms with Crippen molar-refractivity contribution in [1.29, 1.82) is 0 Å². The molecule has 1 aliphatic carbocycles. The lowest BCUT2D eigenvalue weighted by Crippen LogP contribution is -2.48. The summed E-state index contributed by atoms with van der Waals surface area (Å²) < 4.78 is 1.90. The van der Waals surface area contributed by atoms with Crippen LogP contribution < -0.4 is 10.6 Å². The molecule has 4 rings (SSSR count). The lowest BCUT2D eigenvalue weighted by atomic mass is 9.64. The number of halogens is 1. The number of aliphatic imine (C=N–C) groups is 1. The van der Waals surface area contributed by atoms with E-state index >= 15 is 0 Å². The molecule has 152 valence electrons. The number of imidazole rings is 1. The van der Waals surface area contributed by atoms with E-state index in [1.54, 1.807) is 12.5 Å². The first-order valence-electron chi connectivity index (χ1n) is 9.72. The molecule has 0 atom stereocenters. The summed E-state index contributed by atoms with van der Waals surface area (Å²) in [5.41, 5.74) is 2.79. The van der Waals surface area contributed by atoms with Crippen molar-refractivity contribution >= 4 is 29.9 Å². The minimum absolute atomic E-state index is 0. The quantitative estimate of drug-likeness (QED) is 0.307. The van der Waals surface area contributed by atoms with Crippen LogP contribution >= 0.6 is 24.0 Å². The van der Waals surface area contributed by atoms with Gasteiger partial charge in [-0.25, -0.2) is 9.97 Å². The maximum atomic E-state index is 4.40. The Morgan fingerprint density at radius 3 is 2.62 bits per heavy atom. The van der Waals surface area contributed by atoms with Crippen LogP contribution in [0, 0.1) is 0 Å². The topological polar surface area (TPSA) is 67.1 Å². The number of hydrogen-bond donors (Lipinski definition) is 2. The van der Waals surface area contributed by atoms with Gasteiger partial charge in [0.2, 0.25) is 0 Å². The third-order valence-electron chi connectivity index (χ3n) is 5.55. The first-order chi connectivity index (χ1) is 13.8. The molecule has 1 fully saturated rings. The van der Waals surface area contributed by atoms with Gasteiger partial charge in [-0.2, -0.15) is 0 Å². The van der Waals surface area contributed by atoms with Gasteiger partial charge < -0.3 is 10.6 Å². The van der Waals surface area contributed by atoms with Crippen molar-refractivity contribution in [3.8, 4) is 5.82 Å². The SMILES string of the molecule is CN=C(NCc1ccnc(-n2ccnc2)c1)NCC1(c2ccccc2)CCC1.I. The summed E-state index contributed by atoms with van der Waals surface area (Å²) >= 11 is 0. The highest BCUT2D eigenvalue weighted by atomic mass is 127. The van der Waals surface area contributed by atoms with Crippen molar-refractivity contribution in [3.05, 3.63) is 78.5 Å². The normalized spacial score (nSPS) is 15.1. The number of pyridine rings is 1. The Bertz CT molecular complexity index is 919. The molecule has 0 aliphatic heterocycles. The van der Waals surface area contributed by atoms with Gasteiger partial charge in [0.05, 0.1) is 0 Å². The Labute approximate surface area is 188 Å². The lowest BCUT2D eigenvalue weighted by Gasteiger charge is -2.43. The summed E-state index contributed by atoms with van der Waals surface area (Å²) in [5.74, 6) is 1.68. The molecule has 0 radical (unpaired) electrons. The van der Waals surface area contributed by atoms with Gasteiger partial charge >= 0.3 is 0 Å². The highest BCUT2D eigenvalue weighted by Crippen LogP contribution is 2.43. The molecule has 0 saturated heterocycles. The molecule has 0 bridgehead atoms. The van der Waals surface area contributed by atoms with E-state index < -0.39 is 0 Å². The van der Waals surface area contributed by atoms with Crippen LogP contribution in [0.25, 0.3) is 5.82 Å². The van der Waals surface area contributed by atoms with Gasteiger partial charge in [-0.05, 0) is 36.1 Å². The largest absolute Gasteiger partial charge is 0.356 e. The molecule has 1 saturated carbocycles. The van der Waals surface area contributed by atoms with Crippen molar-refractivity contribution in [1.82, 2.24) is 25.2 Å². The van der Waals surface area contributed by atoms with Crippen LogP contribution in [0.5, 0.6) is 0 Å². The summed E-state index contributed by atoms with van der Waals surface area (Å²) in [6.45, 7) is 1.58. The number of guanidine groups is 1. The Morgan fingerprint density at radius 1 is 1.14 bits per heavy atom. The van der Waals surface area contributed by atoms with Crippen molar-refractivity contribution in [2.45, 2.75) is 31.2 Å². The first-order valence-corrected chi connectivity index (χ1v) is 9.72. The molecular weight excluding hydrogens is 475 g/mol. The molecule has 1 aliphatic rings. The van der Waals surface area contributed by atoms with Crippen LogP contribution in [0.15, 0.2) is 72.4 Å². The van der Waals surface area contributed by atoms with Gasteiger partial charge in [0.1, 0.15) is 12.1 Å². The van der Waals surface area contributed by atoms with Crippen molar-refractivity contribution in [2.75, 3.05) is 13.6 Å². The van der Waals surface area contributed by atoms with E-state index in [0.717, 1.165) is 23.9 Å². The minimum atomic E-state index is 0. The van der Waals surface area contributed by atoms with Crippen molar-refractivity contribution in [3.63, 3.8) is 0 Å². The van der Waals surface area contributed by atoms with E-state index in [0.29, 0.717) is 6.54 Å². The van der Waals surface area contributed by atoms with E-state index in [1.165, 1.54) is 24.8 Å². The van der Waals surface area contributed by atoms with Gasteiger partial charge in [-0.15, -0.1) is 24.0 Å². The van der Waals surface area contributed by atoms with Crippen LogP contribution in [-0.2, 0) is 12.0 Å². The van der Waals surface area contributed by atoms with Gasteiger partial charge in [-0.1, -0.05) is 36.8 Å². The molecule has 2 N–H and O–H groups in total. The Hall–Kier alpha value is -2.42. The highest BCUT2D eigenvalue weighted by molar-refractivity contribution is 14.0. The molecule has 2 aromatic heterocycles. The average molecular weight is 502 g/mol. The van der Waals surface area contributed by atoms with Crippen molar-refractivity contribution in [2.24, 2.45) is 4.99 Å². The van der Waals surface area contributed by atoms with Crippen LogP contribution in [-0.4, -0.2) is 34.1 Å². The van der Waals surface area contributed by atoms with E-state index in [2.05, 4.69) is 62.0 Å². The fraction of sp³-hybridized carbons (Fsp3) is 0.318. The van der Waals surface area contributed by atoms with Crippen molar-refractivity contribution < 1.29 is 0 Å². The summed E-state index contributed by atoms with van der Waals surface area (Å²) in [4.78, 5) is 12.9. The molecule has 0 unspecified atom stereocenters. The predicted molar refractivity (Wildman–Crippen MR) is 127 cm³/mol. The first kappa shape index (κ1) is 21.3. The van der Waals surface area contributed by atoms with E-state index in [1.807, 2.05) is 30.1 Å². The second kappa shape index (κ2) is 9.87. The molecule has 6 nitrogen and oxygen atoms in total. The number of nitrogens with one attached hydrogen (secondary N) is 2. The fourth-order valence-corrected chi connectivity index (χ4v) is 3.73. The summed E-state index contributed by atoms with van der Waals surface area (Å²) in [6, 6.07) is 14.9. The maximum Gasteiger partial charge on any atom is 0.191 e. The number of rotatable bonds is 6. The second-order valence-electron chi connectivity index (χ2n) is 7.27. The van der Waals surface area contributed by atoms with Crippen LogP contribution in [0.3, 0.4) is 0 Å². The number of benzene rings is 1. The van der Waals surface area contributed by atoms with Crippen LogP contribution in [0.4, 0.5) is 0 Å². The van der Waals surface area contributed by atoms with E-state index in [-0.39, 0.29) is 29.4 Å². The molecule has 2 heterocycles. The maximum absolute atomic E-state index is 4.40. The second-order valence-corrected chi connectivity index (χ2v) is 7.27. The summed E-state index contributed by atoms with van der Waals surface area (Å²) in [5, 5.41) is 6.95. The van der Waals surface area contributed by atoms with Gasteiger partial charge in [0.15, 0.2) is 5.96 Å². The molecule has 0 spiro atoms. The Balaban J connectivity index is 0.00000240. The summed E-state index contributed by atoms with van der Waals surface area (Å²) in [7, 11) is 1.81. The number of hydrogen-bond acceptors (Lipinski definition) is 3. The monoisotopic (exact) mass is 502 g/mol. The summed E-state index contributed by atoms with van der Waals surface area (Å²) in [6.07, 6.45) is 10.9. The smallest absolute Gasteiger partial charge is 0.191 e. The highest BCUT2D eigenvalue weighted by Gasteiger charge is 2.38. The zero-order valence-electron chi connectivity index (χ0n) is 16.6. The molecule has 7 heteroatoms. The lowest BCUT2D eigenvalue weighted by molar-refractivity contribution is 0.244. The zero-order chi connectivity index (χ0) is 19.2. The molecule has 3 aromatic rings. The fourth-order valence-electron chi connectivity index (χ4n) is 3.73. The number of nitrogens with zero attached hydrogens (tertiary/aromatic N) is 4. The molecule has 29 heavy (non-hydrogen) atoms. The van der Waals surface area contributed by atoms with Gasteiger partial charge in [0, 0.05) is 44.1 Å². The minimum Gasteiger partial charge on any atom is -0.356 e. The third kappa shape index (κ3) is 4.95. The number of aromatic nitrogens is 3. The van der Waals surface area contributed by atoms with Gasteiger partial charge in [0.25, 0.3) is 0 Å². The van der Waals surface area contributed by atoms with E-state index in [9.17, 15) is 0 Å². The van der Waals surface area contributed by atoms with E-state index in [4.69, 9.17) is 0 Å². The van der Waals surface area contributed by atoms with Crippen LogP contribution in [0.1, 0.15) is 30.4 Å². The predicted octanol–water partition coefficient (Wildman–Crippen LogP) is 3.67. The molecule has 0 amide bonds. The third-order valence-corrected chi connectivity index (χ3v) is 5.55. The molecular formula is C22H27IN6.